The first-order valence-electron chi connectivity index (χ1n) is 19.6. The fourth-order valence-corrected chi connectivity index (χ4v) is 6.71. The van der Waals surface area contributed by atoms with Crippen LogP contribution in [0.1, 0.15) is 59.3 Å². The molecule has 19 nitrogen and oxygen atoms in total. The summed E-state index contributed by atoms with van der Waals surface area (Å²) in [6, 6.07) is 6.72. The fraction of sp³-hybridized carbons (Fsp3) is 0.400. The second kappa shape index (κ2) is 19.3. The zero-order chi connectivity index (χ0) is 42.1. The molecule has 5 aromatic rings. The highest BCUT2D eigenvalue weighted by Gasteiger charge is 2.22. The van der Waals surface area contributed by atoms with Gasteiger partial charge in [0, 0.05) is 69.8 Å². The number of aromatic nitrogens is 7. The van der Waals surface area contributed by atoms with Crippen LogP contribution in [0.2, 0.25) is 0 Å². The van der Waals surface area contributed by atoms with Crippen LogP contribution in [0, 0.1) is 6.92 Å². The number of nitrogens with zero attached hydrogens (tertiary/aromatic N) is 9. The van der Waals surface area contributed by atoms with E-state index in [4.69, 9.17) is 31.7 Å². The first kappa shape index (κ1) is 42.2. The Hall–Kier alpha value is -6.44. The number of aliphatic imine (C=N–C) groups is 1. The van der Waals surface area contributed by atoms with Crippen LogP contribution in [0.3, 0.4) is 0 Å². The molecule has 0 spiro atoms. The van der Waals surface area contributed by atoms with E-state index in [9.17, 15) is 14.4 Å². The minimum Gasteiger partial charge on any atom is -0.491 e. The third-order valence-electron chi connectivity index (χ3n) is 9.50. The van der Waals surface area contributed by atoms with Crippen molar-refractivity contribution in [1.82, 2.24) is 38.8 Å². The van der Waals surface area contributed by atoms with Gasteiger partial charge in [-0.15, -0.1) is 0 Å². The number of pyridine rings is 1. The summed E-state index contributed by atoms with van der Waals surface area (Å²) in [5.41, 5.74) is 22.2. The molecule has 59 heavy (non-hydrogen) atoms. The Morgan fingerprint density at radius 1 is 0.983 bits per heavy atom. The zero-order valence-corrected chi connectivity index (χ0v) is 33.9. The lowest BCUT2D eigenvalue weighted by molar-refractivity contribution is -0.110. The highest BCUT2D eigenvalue weighted by atomic mass is 16.5. The molecule has 0 radical (unpaired) electrons. The predicted molar refractivity (Wildman–Crippen MR) is 225 cm³/mol. The van der Waals surface area contributed by atoms with E-state index in [1.54, 1.807) is 45.1 Å². The molecule has 1 aliphatic heterocycles. The highest BCUT2D eigenvalue weighted by Crippen LogP contribution is 2.32. The van der Waals surface area contributed by atoms with Crippen molar-refractivity contribution < 1.29 is 23.9 Å². The summed E-state index contributed by atoms with van der Waals surface area (Å²) in [5, 5.41) is 10.3. The molecule has 312 valence electrons. The van der Waals surface area contributed by atoms with Gasteiger partial charge in [0.2, 0.25) is 17.8 Å². The summed E-state index contributed by atoms with van der Waals surface area (Å²) < 4.78 is 17.0. The summed E-state index contributed by atoms with van der Waals surface area (Å²) >= 11 is 0. The van der Waals surface area contributed by atoms with Gasteiger partial charge in [-0.2, -0.15) is 5.10 Å². The minimum atomic E-state index is -0.641. The molecule has 1 fully saturated rings. The van der Waals surface area contributed by atoms with Gasteiger partial charge in [0.15, 0.2) is 5.65 Å². The molecular formula is C40H52N14O5. The lowest BCUT2D eigenvalue weighted by Gasteiger charge is -2.26. The number of carbonyl (C=O) groups excluding carboxylic acids is 3. The number of carbonyl (C=O) groups is 3. The quantitative estimate of drug-likeness (QED) is 0.0487. The maximum Gasteiger partial charge on any atom is 0.276 e. The van der Waals surface area contributed by atoms with Crippen molar-refractivity contribution in [2.24, 2.45) is 22.2 Å². The molecule has 0 unspecified atom stereocenters. The number of fused-ring (bicyclic) bond motifs is 2. The Bertz CT molecular complexity index is 2410. The molecule has 3 amide bonds. The van der Waals surface area contributed by atoms with Crippen LogP contribution in [0.15, 0.2) is 59.4 Å². The van der Waals surface area contributed by atoms with Crippen LogP contribution in [-0.4, -0.2) is 108 Å². The normalized spacial score (nSPS) is 14.1. The molecule has 0 bridgehead atoms. The Kier molecular flexibility index (Phi) is 13.8. The van der Waals surface area contributed by atoms with E-state index in [-0.39, 0.29) is 42.8 Å². The third kappa shape index (κ3) is 10.2. The van der Waals surface area contributed by atoms with E-state index in [0.29, 0.717) is 77.9 Å². The number of benzene rings is 1. The average Bonchev–Trinajstić information content (AvgIpc) is 3.89. The first-order valence-corrected chi connectivity index (χ1v) is 19.6. The lowest BCUT2D eigenvalue weighted by atomic mass is 10.1. The number of imidazole rings is 2. The van der Waals surface area contributed by atoms with Crippen LogP contribution in [0.5, 0.6) is 5.75 Å². The second-order valence-electron chi connectivity index (χ2n) is 14.0. The molecule has 1 aliphatic rings. The van der Waals surface area contributed by atoms with Crippen LogP contribution in [0.25, 0.3) is 22.2 Å². The molecule has 1 aromatic carbocycles. The molecular weight excluding hydrogens is 757 g/mol. The average molecular weight is 809 g/mol. The number of nitrogens with two attached hydrogens (primary N) is 3. The number of ether oxygens (including phenoxy) is 2. The number of hydrogen-bond acceptors (Lipinski definition) is 13. The van der Waals surface area contributed by atoms with Gasteiger partial charge in [0.05, 0.1) is 31.0 Å². The van der Waals surface area contributed by atoms with Crippen LogP contribution >= 0.6 is 0 Å². The van der Waals surface area contributed by atoms with Crippen molar-refractivity contribution in [3.8, 4) is 5.75 Å². The van der Waals surface area contributed by atoms with Crippen LogP contribution < -0.4 is 32.6 Å². The maximum absolute atomic E-state index is 13.7. The van der Waals surface area contributed by atoms with E-state index in [2.05, 4.69) is 35.6 Å². The number of primary amides is 1. The number of allylic oxidation sites excluding steroid dienone is 3. The van der Waals surface area contributed by atoms with Crippen molar-refractivity contribution in [3.63, 3.8) is 0 Å². The smallest absolute Gasteiger partial charge is 0.276 e. The van der Waals surface area contributed by atoms with E-state index in [1.165, 1.54) is 6.08 Å². The molecule has 19 heteroatoms. The van der Waals surface area contributed by atoms with Gasteiger partial charge in [-0.3, -0.25) is 44.2 Å². The van der Waals surface area contributed by atoms with Crippen molar-refractivity contribution in [2.45, 2.75) is 60.3 Å². The molecule has 0 atom stereocenters. The molecule has 8 N–H and O–H groups in total. The summed E-state index contributed by atoms with van der Waals surface area (Å²) in [6.07, 6.45) is 7.67. The van der Waals surface area contributed by atoms with E-state index >= 15 is 0 Å². The fourth-order valence-electron chi connectivity index (χ4n) is 6.71. The number of nitrogens with one attached hydrogen (secondary N) is 2. The first-order chi connectivity index (χ1) is 28.5. The summed E-state index contributed by atoms with van der Waals surface area (Å²) in [6.45, 7) is 13.1. The monoisotopic (exact) mass is 808 g/mol. The summed E-state index contributed by atoms with van der Waals surface area (Å²) in [4.78, 5) is 60.3. The Morgan fingerprint density at radius 2 is 1.71 bits per heavy atom. The van der Waals surface area contributed by atoms with Gasteiger partial charge < -0.3 is 31.2 Å². The summed E-state index contributed by atoms with van der Waals surface area (Å²) in [7, 11) is 0. The SMILES string of the molecule is CCN=C(/C=C(/C)N)C(=O)Nc1nc2cc(CN)cnc2n1C/C=C/Cn1c(NC(=O)c2cc(C)nn2CC)nc2cc(C(N)=O)cc(OCCCN3CCOCC3)c21. The lowest BCUT2D eigenvalue weighted by Crippen LogP contribution is -2.37. The number of rotatable bonds is 18. The van der Waals surface area contributed by atoms with E-state index in [1.807, 2.05) is 39.0 Å². The Morgan fingerprint density at radius 3 is 2.41 bits per heavy atom. The molecule has 6 rings (SSSR count). The van der Waals surface area contributed by atoms with Gasteiger partial charge in [-0.25, -0.2) is 15.0 Å². The summed E-state index contributed by atoms with van der Waals surface area (Å²) in [5.74, 6) is -0.662. The van der Waals surface area contributed by atoms with Crippen LogP contribution in [-0.2, 0) is 35.7 Å². The van der Waals surface area contributed by atoms with E-state index < -0.39 is 17.7 Å². The predicted octanol–water partition coefficient (Wildman–Crippen LogP) is 2.74. The maximum atomic E-state index is 13.7. The molecule has 4 aromatic heterocycles. The van der Waals surface area contributed by atoms with Gasteiger partial charge in [-0.1, -0.05) is 12.2 Å². The molecule has 1 saturated heterocycles. The number of amides is 3. The molecule has 0 aliphatic carbocycles. The third-order valence-corrected chi connectivity index (χ3v) is 9.50. The highest BCUT2D eigenvalue weighted by molar-refractivity contribution is 6.47. The minimum absolute atomic E-state index is 0.162. The van der Waals surface area contributed by atoms with Gasteiger partial charge in [0.1, 0.15) is 28.2 Å². The Balaban J connectivity index is 1.34. The van der Waals surface area contributed by atoms with Crippen molar-refractivity contribution in [1.29, 1.82) is 0 Å². The van der Waals surface area contributed by atoms with Crippen molar-refractivity contribution in [2.75, 3.05) is 56.6 Å². The van der Waals surface area contributed by atoms with Crippen molar-refractivity contribution >= 4 is 57.5 Å². The second-order valence-corrected chi connectivity index (χ2v) is 14.0. The number of morpholine rings is 1. The molecule has 5 heterocycles. The number of aryl methyl sites for hydroxylation is 2. The largest absolute Gasteiger partial charge is 0.491 e. The number of hydrogen-bond donors (Lipinski definition) is 5. The van der Waals surface area contributed by atoms with Crippen molar-refractivity contribution in [3.05, 3.63) is 76.9 Å². The Labute approximate surface area is 341 Å². The van der Waals surface area contributed by atoms with Gasteiger partial charge >= 0.3 is 0 Å². The van der Waals surface area contributed by atoms with Crippen LogP contribution in [0.4, 0.5) is 11.9 Å². The molecule has 0 saturated carbocycles. The topological polar surface area (TPSA) is 254 Å². The number of anilines is 2. The standard InChI is InChI=1S/C40H52N14O5/c1-5-44-31(18-25(3)42)37(56)48-40-47-30-20-27(23-41)24-45-36(30)53(40)12-8-7-11-52-34-29(46-39(52)49-38(57)32-19-26(4)50-54(32)6-2)21-28(35(43)55)22-33(34)59-15-9-10-51-13-16-58-17-14-51/h7-8,18-22,24H,5-6,9-17,23,41-42H2,1-4H3,(H2,43,55)(H,46,49,57)(H,47,48,56)/b8-7+,25-18-,44-31?. The van der Waals surface area contributed by atoms with Gasteiger partial charge in [0.25, 0.3) is 11.8 Å². The van der Waals surface area contributed by atoms with Gasteiger partial charge in [-0.05, 0) is 70.0 Å². The zero-order valence-electron chi connectivity index (χ0n) is 33.9. The van der Waals surface area contributed by atoms with E-state index in [0.717, 1.165) is 31.6 Å².